The van der Waals surface area contributed by atoms with E-state index in [0.717, 1.165) is 22.4 Å². The molecule has 13 heteroatoms. The van der Waals surface area contributed by atoms with Crippen molar-refractivity contribution in [2.45, 2.75) is 63.9 Å². The van der Waals surface area contributed by atoms with E-state index in [0.29, 0.717) is 41.9 Å². The summed E-state index contributed by atoms with van der Waals surface area (Å²) in [6, 6.07) is 12.0. The van der Waals surface area contributed by atoms with Crippen LogP contribution in [-0.4, -0.2) is 64.3 Å². The summed E-state index contributed by atoms with van der Waals surface area (Å²) >= 11 is 0. The topological polar surface area (TPSA) is 173 Å². The van der Waals surface area contributed by atoms with Crippen LogP contribution >= 0.6 is 0 Å². The van der Waals surface area contributed by atoms with Crippen molar-refractivity contribution in [3.63, 3.8) is 0 Å². The number of nitrogens with one attached hydrogen (secondary N) is 3. The van der Waals surface area contributed by atoms with Gasteiger partial charge in [0.2, 0.25) is 29.5 Å². The number of aromatic nitrogens is 2. The lowest BCUT2D eigenvalue weighted by atomic mass is 9.72. The Morgan fingerprint density at radius 3 is 2.69 bits per heavy atom. The molecule has 3 unspecified atom stereocenters. The molecule has 0 radical (unpaired) electrons. The number of carbonyl (C=O) groups excluding carboxylic acids is 2. The fourth-order valence-electron chi connectivity index (χ4n) is 6.98. The molecule has 4 aliphatic heterocycles. The number of carbonyl (C=O) groups is 2. The summed E-state index contributed by atoms with van der Waals surface area (Å²) in [6.07, 6.45) is -0.231. The molecule has 4 bridgehead atoms. The fraction of sp³-hybridized carbons (Fsp3) is 0.400. The summed E-state index contributed by atoms with van der Waals surface area (Å²) < 4.78 is 25.1. The number of para-hydroxylation sites is 1. The van der Waals surface area contributed by atoms with E-state index in [1.807, 2.05) is 56.3 Å². The van der Waals surface area contributed by atoms with Gasteiger partial charge >= 0.3 is 0 Å². The van der Waals surface area contributed by atoms with E-state index in [1.54, 1.807) is 13.8 Å². The van der Waals surface area contributed by atoms with E-state index in [9.17, 15) is 14.7 Å². The first-order valence-electron chi connectivity index (χ1n) is 16.2. The first kappa shape index (κ1) is 30.2. The Balaban J connectivity index is 1.35. The van der Waals surface area contributed by atoms with Crippen LogP contribution in [0.2, 0.25) is 0 Å². The predicted molar refractivity (Wildman–Crippen MR) is 172 cm³/mol. The second kappa shape index (κ2) is 11.2. The van der Waals surface area contributed by atoms with Gasteiger partial charge in [-0.2, -0.15) is 0 Å². The van der Waals surface area contributed by atoms with E-state index in [1.165, 1.54) is 6.26 Å². The van der Waals surface area contributed by atoms with E-state index in [4.69, 9.17) is 28.3 Å². The second-order valence-corrected chi connectivity index (χ2v) is 13.3. The minimum absolute atomic E-state index is 0.167. The lowest BCUT2D eigenvalue weighted by molar-refractivity contribution is -0.135. The molecule has 5 atom stereocenters. The highest BCUT2D eigenvalue weighted by atomic mass is 16.5. The smallest absolute Gasteiger partial charge is 0.249 e. The number of fused-ring (bicyclic) bond motifs is 4. The molecule has 0 saturated carbocycles. The number of rotatable bonds is 6. The maximum Gasteiger partial charge on any atom is 0.249 e. The van der Waals surface area contributed by atoms with Crippen molar-refractivity contribution in [3.8, 4) is 17.3 Å². The van der Waals surface area contributed by atoms with Gasteiger partial charge in [-0.1, -0.05) is 58.0 Å². The van der Waals surface area contributed by atoms with Crippen LogP contribution in [0.4, 0.5) is 5.69 Å². The molecule has 0 fully saturated rings. The molecule has 4 aromatic rings. The fourth-order valence-corrected chi connectivity index (χ4v) is 6.98. The van der Waals surface area contributed by atoms with Crippen LogP contribution in [0.25, 0.3) is 11.6 Å². The number of aliphatic imine (C=N–C) groups is 1. The van der Waals surface area contributed by atoms with Crippen molar-refractivity contribution in [1.29, 1.82) is 0 Å². The largest absolute Gasteiger partial charge is 0.474 e. The Hall–Kier alpha value is -5.17. The molecule has 2 amide bonds. The SMILES string of the molecule is CC(C)C1NC(=O)[C@@H](NC(=O)[C@@H](O)C(C)C)Cc2ccc3c(c2)C2(c4ccccc4NC2O3)c2oc1nc2-c1nc(C2=NCCO2)co1. The van der Waals surface area contributed by atoms with Crippen molar-refractivity contribution >= 4 is 23.4 Å². The van der Waals surface area contributed by atoms with Gasteiger partial charge < -0.3 is 39.4 Å². The summed E-state index contributed by atoms with van der Waals surface area (Å²) in [6.45, 7) is 8.38. The predicted octanol–water partition coefficient (Wildman–Crippen LogP) is 3.46. The Labute approximate surface area is 276 Å². The van der Waals surface area contributed by atoms with Crippen molar-refractivity contribution in [3.05, 3.63) is 82.8 Å². The lowest BCUT2D eigenvalue weighted by Gasteiger charge is -2.29. The minimum Gasteiger partial charge on any atom is -0.474 e. The molecule has 0 aliphatic carbocycles. The number of benzene rings is 2. The van der Waals surface area contributed by atoms with Gasteiger partial charge in [0, 0.05) is 17.7 Å². The van der Waals surface area contributed by atoms with Crippen LogP contribution in [0.1, 0.15) is 67.8 Å². The molecule has 248 valence electrons. The van der Waals surface area contributed by atoms with Crippen LogP contribution in [-0.2, 0) is 26.2 Å². The highest BCUT2D eigenvalue weighted by Crippen LogP contribution is 2.59. The summed E-state index contributed by atoms with van der Waals surface area (Å²) in [5.41, 5.74) is 3.13. The molecule has 13 nitrogen and oxygen atoms in total. The molecule has 4 N–H and O–H groups in total. The van der Waals surface area contributed by atoms with Gasteiger partial charge in [-0.05, 0) is 35.1 Å². The number of ether oxygens (including phenoxy) is 2. The van der Waals surface area contributed by atoms with Gasteiger partial charge in [0.25, 0.3) is 0 Å². The number of anilines is 1. The number of aliphatic hydroxyl groups is 1. The highest BCUT2D eigenvalue weighted by molar-refractivity contribution is 5.93. The number of amides is 2. The monoisotopic (exact) mass is 652 g/mol. The van der Waals surface area contributed by atoms with Gasteiger partial charge in [0.15, 0.2) is 23.4 Å². The van der Waals surface area contributed by atoms with Crippen LogP contribution < -0.4 is 20.7 Å². The van der Waals surface area contributed by atoms with Gasteiger partial charge in [0.1, 0.15) is 42.2 Å². The molecule has 1 spiro atoms. The Bertz CT molecular complexity index is 1960. The molecular weight excluding hydrogens is 616 g/mol. The van der Waals surface area contributed by atoms with Crippen molar-refractivity contribution < 1.29 is 33.0 Å². The molecule has 4 aliphatic rings. The molecule has 48 heavy (non-hydrogen) atoms. The zero-order chi connectivity index (χ0) is 33.3. The molecule has 2 aromatic heterocycles. The van der Waals surface area contributed by atoms with Gasteiger partial charge in [-0.15, -0.1) is 0 Å². The van der Waals surface area contributed by atoms with E-state index >= 15 is 0 Å². The van der Waals surface area contributed by atoms with Crippen LogP contribution in [0.15, 0.2) is 62.6 Å². The van der Waals surface area contributed by atoms with E-state index in [-0.39, 0.29) is 30.0 Å². The van der Waals surface area contributed by atoms with Crippen molar-refractivity contribution in [2.24, 2.45) is 16.8 Å². The molecular formula is C35H36N6O7. The Morgan fingerprint density at radius 2 is 1.92 bits per heavy atom. The number of oxazole rings is 2. The summed E-state index contributed by atoms with van der Waals surface area (Å²) in [7, 11) is 0. The van der Waals surface area contributed by atoms with Gasteiger partial charge in [0.05, 0.1) is 6.54 Å². The maximum atomic E-state index is 14.0. The molecule has 0 saturated heterocycles. The number of nitrogens with zero attached hydrogens (tertiary/aromatic N) is 3. The van der Waals surface area contributed by atoms with Crippen LogP contribution in [0.5, 0.6) is 5.75 Å². The first-order chi connectivity index (χ1) is 23.1. The second-order valence-electron chi connectivity index (χ2n) is 13.3. The zero-order valence-corrected chi connectivity index (χ0v) is 26.9. The summed E-state index contributed by atoms with van der Waals surface area (Å²) in [5.74, 6) is 0.352. The average molecular weight is 653 g/mol. The normalized spacial score (nSPS) is 24.4. The van der Waals surface area contributed by atoms with Crippen LogP contribution in [0.3, 0.4) is 0 Å². The number of hydrogen-bond acceptors (Lipinski definition) is 11. The quantitative estimate of drug-likeness (QED) is 0.242. The maximum absolute atomic E-state index is 14.0. The van der Waals surface area contributed by atoms with Crippen molar-refractivity contribution in [2.75, 3.05) is 18.5 Å². The van der Waals surface area contributed by atoms with E-state index < -0.39 is 41.6 Å². The van der Waals surface area contributed by atoms with Gasteiger partial charge in [-0.3, -0.25) is 9.59 Å². The summed E-state index contributed by atoms with van der Waals surface area (Å²) in [4.78, 5) is 41.2. The van der Waals surface area contributed by atoms with Crippen molar-refractivity contribution in [1.82, 2.24) is 20.6 Å². The third kappa shape index (κ3) is 4.59. The molecule has 8 rings (SSSR count). The standard InChI is InChI=1S/C35H36N6O7/c1-16(2)25-33-41-26(32-38-23(15-46-32)31-36-11-12-45-31)28(48-33)35-19-7-5-6-8-21(19)39-34(35)47-24-10-9-18(13-20(24)35)14-22(29(43)40-25)37-30(44)27(42)17(3)4/h5-10,13,15-17,22,25,27,34,39,42H,11-12,14H2,1-4H3,(H,37,44)(H,40,43)/t22-,25?,27-,34?,35?/m0/s1. The van der Waals surface area contributed by atoms with Crippen LogP contribution in [0, 0.1) is 11.8 Å². The Morgan fingerprint density at radius 1 is 1.08 bits per heavy atom. The average Bonchev–Trinajstić information content (AvgIpc) is 3.89. The lowest BCUT2D eigenvalue weighted by Crippen LogP contribution is -2.52. The van der Waals surface area contributed by atoms with Gasteiger partial charge in [-0.25, -0.2) is 15.0 Å². The molecule has 6 heterocycles. The summed E-state index contributed by atoms with van der Waals surface area (Å²) in [5, 5.41) is 20.0. The third-order valence-electron chi connectivity index (χ3n) is 9.46. The molecule has 2 aromatic carbocycles. The first-order valence-corrected chi connectivity index (χ1v) is 16.2. The number of aliphatic hydroxyl groups excluding tert-OH is 1. The Kier molecular flexibility index (Phi) is 7.06. The highest BCUT2D eigenvalue weighted by Gasteiger charge is 2.61. The van der Waals surface area contributed by atoms with E-state index in [2.05, 4.69) is 20.9 Å². The number of hydrogen-bond donors (Lipinski definition) is 4. The minimum atomic E-state index is -1.28. The third-order valence-corrected chi connectivity index (χ3v) is 9.46. The zero-order valence-electron chi connectivity index (χ0n) is 26.9.